The van der Waals surface area contributed by atoms with Crippen molar-refractivity contribution in [2.24, 2.45) is 5.73 Å². The van der Waals surface area contributed by atoms with E-state index in [0.29, 0.717) is 5.56 Å². The zero-order valence-electron chi connectivity index (χ0n) is 10.1. The van der Waals surface area contributed by atoms with Gasteiger partial charge in [0.05, 0.1) is 0 Å². The summed E-state index contributed by atoms with van der Waals surface area (Å²) in [7, 11) is 0. The third-order valence-electron chi connectivity index (χ3n) is 2.53. The molecule has 0 saturated heterocycles. The van der Waals surface area contributed by atoms with E-state index >= 15 is 0 Å². The number of nitrogens with two attached hydrogens (primary N) is 1. The molecule has 0 aliphatic heterocycles. The molecule has 0 aliphatic rings. The first-order valence-electron chi connectivity index (χ1n) is 5.60. The maximum absolute atomic E-state index is 12.8. The Morgan fingerprint density at radius 1 is 1.25 bits per heavy atom. The molecule has 106 valence electrons. The molecule has 0 saturated carbocycles. The summed E-state index contributed by atoms with van der Waals surface area (Å²) in [6.45, 7) is 0.142. The first-order valence-corrected chi connectivity index (χ1v) is 6.39. The molecule has 0 amide bonds. The highest BCUT2D eigenvalue weighted by molar-refractivity contribution is 9.10. The van der Waals surface area contributed by atoms with Crippen LogP contribution < -0.4 is 10.5 Å². The average molecular weight is 347 g/mol. The lowest BCUT2D eigenvalue weighted by molar-refractivity contribution is -0.138. The Labute approximate surface area is 121 Å². The van der Waals surface area contributed by atoms with E-state index in [1.54, 1.807) is 18.2 Å². The highest BCUT2D eigenvalue weighted by Crippen LogP contribution is 2.37. The van der Waals surface area contributed by atoms with Crippen molar-refractivity contribution in [1.29, 1.82) is 0 Å². The van der Waals surface area contributed by atoms with Crippen LogP contribution in [0.5, 0.6) is 11.6 Å². The van der Waals surface area contributed by atoms with Gasteiger partial charge in [0.1, 0.15) is 11.3 Å². The SMILES string of the molecule is NCc1cc(Br)ccc1Oc1ncccc1C(F)(F)F. The van der Waals surface area contributed by atoms with Crippen molar-refractivity contribution in [2.75, 3.05) is 0 Å². The maximum Gasteiger partial charge on any atom is 0.421 e. The Kier molecular flexibility index (Phi) is 4.29. The normalized spacial score (nSPS) is 11.4. The van der Waals surface area contributed by atoms with E-state index in [2.05, 4.69) is 20.9 Å². The van der Waals surface area contributed by atoms with Crippen LogP contribution in [0, 0.1) is 0 Å². The first kappa shape index (κ1) is 14.8. The van der Waals surface area contributed by atoms with Crippen LogP contribution in [0.25, 0.3) is 0 Å². The summed E-state index contributed by atoms with van der Waals surface area (Å²) in [6.07, 6.45) is -3.28. The lowest BCUT2D eigenvalue weighted by atomic mass is 10.2. The molecule has 2 rings (SSSR count). The number of ether oxygens (including phenoxy) is 1. The van der Waals surface area contributed by atoms with Crippen LogP contribution in [0.3, 0.4) is 0 Å². The fourth-order valence-corrected chi connectivity index (χ4v) is 2.01. The van der Waals surface area contributed by atoms with Crippen molar-refractivity contribution in [2.45, 2.75) is 12.7 Å². The standard InChI is InChI=1S/C13H10BrF3N2O/c14-9-3-4-11(8(6-9)7-18)20-12-10(13(15,16)17)2-1-5-19-12/h1-6H,7,18H2. The van der Waals surface area contributed by atoms with Gasteiger partial charge in [-0.2, -0.15) is 13.2 Å². The van der Waals surface area contributed by atoms with Crippen LogP contribution in [0.1, 0.15) is 11.1 Å². The minimum atomic E-state index is -4.53. The van der Waals surface area contributed by atoms with Crippen LogP contribution in [0.15, 0.2) is 41.0 Å². The van der Waals surface area contributed by atoms with Crippen molar-refractivity contribution in [3.63, 3.8) is 0 Å². The number of nitrogens with zero attached hydrogens (tertiary/aromatic N) is 1. The van der Waals surface area contributed by atoms with Gasteiger partial charge in [0.2, 0.25) is 5.88 Å². The maximum atomic E-state index is 12.8. The summed E-state index contributed by atoms with van der Waals surface area (Å²) in [5.41, 5.74) is 5.21. The molecule has 2 aromatic rings. The summed E-state index contributed by atoms with van der Waals surface area (Å²) < 4.78 is 44.6. The molecule has 0 radical (unpaired) electrons. The third-order valence-corrected chi connectivity index (χ3v) is 3.02. The summed E-state index contributed by atoms with van der Waals surface area (Å²) in [5.74, 6) is -0.239. The second-order valence-electron chi connectivity index (χ2n) is 3.91. The van der Waals surface area contributed by atoms with Crippen molar-refractivity contribution in [1.82, 2.24) is 4.98 Å². The number of hydrogen-bond acceptors (Lipinski definition) is 3. The second-order valence-corrected chi connectivity index (χ2v) is 4.83. The number of halogens is 4. The molecule has 0 fully saturated rings. The van der Waals surface area contributed by atoms with Crippen LogP contribution in [-0.2, 0) is 12.7 Å². The largest absolute Gasteiger partial charge is 0.438 e. The van der Waals surface area contributed by atoms with Crippen molar-refractivity contribution in [3.05, 3.63) is 52.1 Å². The topological polar surface area (TPSA) is 48.1 Å². The summed E-state index contributed by atoms with van der Waals surface area (Å²) in [6, 6.07) is 7.02. The van der Waals surface area contributed by atoms with E-state index in [9.17, 15) is 13.2 Å². The summed E-state index contributed by atoms with van der Waals surface area (Å²) in [5, 5.41) is 0. The van der Waals surface area contributed by atoms with Gasteiger partial charge in [-0.15, -0.1) is 0 Å². The van der Waals surface area contributed by atoms with Gasteiger partial charge in [-0.05, 0) is 30.3 Å². The molecule has 0 bridgehead atoms. The fraction of sp³-hybridized carbons (Fsp3) is 0.154. The average Bonchev–Trinajstić information content (AvgIpc) is 2.40. The number of rotatable bonds is 3. The molecule has 20 heavy (non-hydrogen) atoms. The van der Waals surface area contributed by atoms with Crippen LogP contribution in [0.4, 0.5) is 13.2 Å². The Morgan fingerprint density at radius 2 is 2.00 bits per heavy atom. The van der Waals surface area contributed by atoms with E-state index < -0.39 is 17.6 Å². The molecule has 1 heterocycles. The van der Waals surface area contributed by atoms with E-state index in [4.69, 9.17) is 10.5 Å². The van der Waals surface area contributed by atoms with E-state index in [-0.39, 0.29) is 12.3 Å². The first-order chi connectivity index (χ1) is 9.41. The third kappa shape index (κ3) is 3.29. The van der Waals surface area contributed by atoms with Crippen LogP contribution in [-0.4, -0.2) is 4.98 Å². The lowest BCUT2D eigenvalue weighted by Gasteiger charge is -2.14. The Bertz CT molecular complexity index is 617. The number of alkyl halides is 3. The predicted molar refractivity (Wildman–Crippen MR) is 71.3 cm³/mol. The van der Waals surface area contributed by atoms with E-state index in [1.165, 1.54) is 12.3 Å². The Balaban J connectivity index is 2.41. The van der Waals surface area contributed by atoms with E-state index in [0.717, 1.165) is 10.5 Å². The fourth-order valence-electron chi connectivity index (χ4n) is 1.60. The van der Waals surface area contributed by atoms with E-state index in [1.807, 2.05) is 0 Å². The molecule has 2 N–H and O–H groups in total. The minimum Gasteiger partial charge on any atom is -0.438 e. The molecular formula is C13H10BrF3N2O. The molecule has 1 aromatic heterocycles. The van der Waals surface area contributed by atoms with Gasteiger partial charge in [-0.25, -0.2) is 4.98 Å². The van der Waals surface area contributed by atoms with Crippen molar-refractivity contribution in [3.8, 4) is 11.6 Å². The van der Waals surface area contributed by atoms with Crippen LogP contribution >= 0.6 is 15.9 Å². The van der Waals surface area contributed by atoms with Gasteiger partial charge in [0.15, 0.2) is 0 Å². The highest BCUT2D eigenvalue weighted by atomic mass is 79.9. The molecule has 7 heteroatoms. The predicted octanol–water partition coefficient (Wildman–Crippen LogP) is 4.11. The Morgan fingerprint density at radius 3 is 2.65 bits per heavy atom. The molecule has 0 aliphatic carbocycles. The minimum absolute atomic E-state index is 0.142. The number of pyridine rings is 1. The molecular weight excluding hydrogens is 337 g/mol. The second kappa shape index (κ2) is 5.80. The van der Waals surface area contributed by atoms with Gasteiger partial charge < -0.3 is 10.5 Å². The van der Waals surface area contributed by atoms with Gasteiger partial charge in [-0.3, -0.25) is 0 Å². The zero-order chi connectivity index (χ0) is 14.8. The van der Waals surface area contributed by atoms with Crippen molar-refractivity contribution < 1.29 is 17.9 Å². The molecule has 0 unspecified atom stereocenters. The van der Waals surface area contributed by atoms with Crippen LogP contribution in [0.2, 0.25) is 0 Å². The molecule has 0 spiro atoms. The summed E-state index contributed by atoms with van der Waals surface area (Å²) in [4.78, 5) is 3.64. The zero-order valence-corrected chi connectivity index (χ0v) is 11.7. The summed E-state index contributed by atoms with van der Waals surface area (Å²) >= 11 is 3.26. The van der Waals surface area contributed by atoms with Crippen molar-refractivity contribution >= 4 is 15.9 Å². The monoisotopic (exact) mass is 346 g/mol. The smallest absolute Gasteiger partial charge is 0.421 e. The molecule has 1 aromatic carbocycles. The highest BCUT2D eigenvalue weighted by Gasteiger charge is 2.35. The van der Waals surface area contributed by atoms with Gasteiger partial charge >= 0.3 is 6.18 Å². The molecule has 3 nitrogen and oxygen atoms in total. The number of benzene rings is 1. The number of aromatic nitrogens is 1. The van der Waals surface area contributed by atoms with Gasteiger partial charge in [-0.1, -0.05) is 15.9 Å². The number of hydrogen-bond donors (Lipinski definition) is 1. The lowest BCUT2D eigenvalue weighted by Crippen LogP contribution is -2.09. The van der Waals surface area contributed by atoms with Gasteiger partial charge in [0.25, 0.3) is 0 Å². The molecule has 0 atom stereocenters. The Hall–Kier alpha value is -1.60. The van der Waals surface area contributed by atoms with Gasteiger partial charge in [0, 0.05) is 22.8 Å². The quantitative estimate of drug-likeness (QED) is 0.909.